The first-order valence-electron chi connectivity index (χ1n) is 9.48. The molecule has 0 radical (unpaired) electrons. The summed E-state index contributed by atoms with van der Waals surface area (Å²) in [4.78, 5) is 4.95. The van der Waals surface area contributed by atoms with Gasteiger partial charge in [-0.1, -0.05) is 25.7 Å². The van der Waals surface area contributed by atoms with Gasteiger partial charge in [0.2, 0.25) is 0 Å². The number of ether oxygens (including phenoxy) is 2. The fourth-order valence-electron chi connectivity index (χ4n) is 3.57. The average Bonchev–Trinajstić information content (AvgIpc) is 2.95. The highest BCUT2D eigenvalue weighted by Gasteiger charge is 2.17. The predicted octanol–water partition coefficient (Wildman–Crippen LogP) is 3.46. The van der Waals surface area contributed by atoms with Gasteiger partial charge in [0.15, 0.2) is 0 Å². The van der Waals surface area contributed by atoms with Crippen LogP contribution >= 0.6 is 0 Å². The SMILES string of the molecule is CC(OCCOC(C)N1CCCCCC1)N1CCCCCC1. The lowest BCUT2D eigenvalue weighted by molar-refractivity contribution is -0.0992. The molecule has 0 N–H and O–H groups in total. The van der Waals surface area contributed by atoms with Gasteiger partial charge in [-0.2, -0.15) is 0 Å². The standard InChI is InChI=1S/C18H36N2O2/c1-17(19-11-7-3-4-8-12-19)21-15-16-22-18(2)20-13-9-5-6-10-14-20/h17-18H,3-16H2,1-2H3. The molecule has 4 heteroatoms. The van der Waals surface area contributed by atoms with E-state index in [1.54, 1.807) is 0 Å². The third kappa shape index (κ3) is 6.53. The Hall–Kier alpha value is -0.160. The molecule has 2 unspecified atom stereocenters. The second-order valence-corrected chi connectivity index (χ2v) is 6.84. The van der Waals surface area contributed by atoms with E-state index in [1.807, 2.05) is 0 Å². The van der Waals surface area contributed by atoms with E-state index in [4.69, 9.17) is 9.47 Å². The summed E-state index contributed by atoms with van der Waals surface area (Å²) >= 11 is 0. The van der Waals surface area contributed by atoms with E-state index in [9.17, 15) is 0 Å². The first-order valence-corrected chi connectivity index (χ1v) is 9.48. The Bertz CT molecular complexity index is 244. The number of hydrogen-bond donors (Lipinski definition) is 0. The molecular formula is C18H36N2O2. The zero-order chi connectivity index (χ0) is 15.6. The summed E-state index contributed by atoms with van der Waals surface area (Å²) in [5.74, 6) is 0. The van der Waals surface area contributed by atoms with Crippen molar-refractivity contribution in [1.82, 2.24) is 9.80 Å². The molecule has 130 valence electrons. The molecule has 0 aromatic heterocycles. The minimum atomic E-state index is 0.232. The Balaban J connectivity index is 1.57. The van der Waals surface area contributed by atoms with Crippen LogP contribution in [0.2, 0.25) is 0 Å². The van der Waals surface area contributed by atoms with Gasteiger partial charge in [0.05, 0.1) is 13.2 Å². The highest BCUT2D eigenvalue weighted by Crippen LogP contribution is 2.14. The maximum atomic E-state index is 5.98. The van der Waals surface area contributed by atoms with Gasteiger partial charge in [-0.15, -0.1) is 0 Å². The van der Waals surface area contributed by atoms with E-state index < -0.39 is 0 Å². The van der Waals surface area contributed by atoms with Crippen LogP contribution in [0.5, 0.6) is 0 Å². The van der Waals surface area contributed by atoms with Gasteiger partial charge in [-0.3, -0.25) is 9.80 Å². The first kappa shape index (κ1) is 18.2. The largest absolute Gasteiger partial charge is 0.361 e. The smallest absolute Gasteiger partial charge is 0.107 e. The molecular weight excluding hydrogens is 276 g/mol. The molecule has 0 spiro atoms. The summed E-state index contributed by atoms with van der Waals surface area (Å²) in [7, 11) is 0. The van der Waals surface area contributed by atoms with Crippen molar-refractivity contribution >= 4 is 0 Å². The number of likely N-dealkylation sites (tertiary alicyclic amines) is 2. The van der Waals surface area contributed by atoms with Gasteiger partial charge in [0, 0.05) is 26.2 Å². The third-order valence-corrected chi connectivity index (χ3v) is 5.11. The van der Waals surface area contributed by atoms with Crippen LogP contribution in [0.1, 0.15) is 65.2 Å². The molecule has 0 aliphatic carbocycles. The summed E-state index contributed by atoms with van der Waals surface area (Å²) in [5.41, 5.74) is 0. The van der Waals surface area contributed by atoms with Crippen molar-refractivity contribution < 1.29 is 9.47 Å². The lowest BCUT2D eigenvalue weighted by atomic mass is 10.2. The Morgan fingerprint density at radius 3 is 1.23 bits per heavy atom. The van der Waals surface area contributed by atoms with Gasteiger partial charge >= 0.3 is 0 Å². The predicted molar refractivity (Wildman–Crippen MR) is 90.9 cm³/mol. The van der Waals surface area contributed by atoms with Crippen LogP contribution in [0, 0.1) is 0 Å². The number of nitrogens with zero attached hydrogens (tertiary/aromatic N) is 2. The number of hydrogen-bond acceptors (Lipinski definition) is 4. The summed E-state index contributed by atoms with van der Waals surface area (Å²) in [6.07, 6.45) is 11.2. The van der Waals surface area contributed by atoms with Crippen LogP contribution in [0.15, 0.2) is 0 Å². The summed E-state index contributed by atoms with van der Waals surface area (Å²) < 4.78 is 12.0. The van der Waals surface area contributed by atoms with Crippen molar-refractivity contribution in [2.45, 2.75) is 77.7 Å². The number of rotatable bonds is 7. The molecule has 0 aromatic rings. The second-order valence-electron chi connectivity index (χ2n) is 6.84. The quantitative estimate of drug-likeness (QED) is 0.672. The maximum Gasteiger partial charge on any atom is 0.107 e. The minimum absolute atomic E-state index is 0.232. The first-order chi connectivity index (χ1) is 10.8. The van der Waals surface area contributed by atoms with Crippen molar-refractivity contribution in [3.05, 3.63) is 0 Å². The molecule has 2 atom stereocenters. The van der Waals surface area contributed by atoms with E-state index in [1.165, 1.54) is 77.5 Å². The van der Waals surface area contributed by atoms with Gasteiger partial charge < -0.3 is 9.47 Å². The molecule has 2 rings (SSSR count). The van der Waals surface area contributed by atoms with E-state index >= 15 is 0 Å². The Labute approximate surface area is 137 Å². The summed E-state index contributed by atoms with van der Waals surface area (Å²) in [5, 5.41) is 0. The van der Waals surface area contributed by atoms with Crippen LogP contribution in [0.4, 0.5) is 0 Å². The van der Waals surface area contributed by atoms with E-state index in [0.717, 1.165) is 0 Å². The molecule has 2 fully saturated rings. The van der Waals surface area contributed by atoms with Gasteiger partial charge in [0.25, 0.3) is 0 Å². The van der Waals surface area contributed by atoms with E-state index in [2.05, 4.69) is 23.6 Å². The van der Waals surface area contributed by atoms with Gasteiger partial charge in [-0.05, 0) is 39.5 Å². The molecule has 4 nitrogen and oxygen atoms in total. The normalized spacial score (nSPS) is 25.4. The lowest BCUT2D eigenvalue weighted by Crippen LogP contribution is -2.38. The van der Waals surface area contributed by atoms with Crippen molar-refractivity contribution in [2.24, 2.45) is 0 Å². The zero-order valence-corrected chi connectivity index (χ0v) is 14.8. The maximum absolute atomic E-state index is 5.98. The molecule has 0 saturated carbocycles. The lowest BCUT2D eigenvalue weighted by Gasteiger charge is -2.29. The van der Waals surface area contributed by atoms with Gasteiger partial charge in [0.1, 0.15) is 12.5 Å². The molecule has 2 heterocycles. The van der Waals surface area contributed by atoms with Gasteiger partial charge in [-0.25, -0.2) is 0 Å². The van der Waals surface area contributed by atoms with Crippen molar-refractivity contribution in [1.29, 1.82) is 0 Å². The average molecular weight is 312 g/mol. The fraction of sp³-hybridized carbons (Fsp3) is 1.00. The molecule has 22 heavy (non-hydrogen) atoms. The second kappa shape index (κ2) is 10.6. The summed E-state index contributed by atoms with van der Waals surface area (Å²) in [6.45, 7) is 10.5. The molecule has 0 amide bonds. The molecule has 2 aliphatic heterocycles. The van der Waals surface area contributed by atoms with Crippen LogP contribution < -0.4 is 0 Å². The third-order valence-electron chi connectivity index (χ3n) is 5.11. The topological polar surface area (TPSA) is 24.9 Å². The summed E-state index contributed by atoms with van der Waals surface area (Å²) in [6, 6.07) is 0. The van der Waals surface area contributed by atoms with Crippen LogP contribution in [-0.2, 0) is 9.47 Å². The highest BCUT2D eigenvalue weighted by molar-refractivity contribution is 4.66. The van der Waals surface area contributed by atoms with E-state index in [-0.39, 0.29) is 12.5 Å². The Kier molecular flexibility index (Phi) is 8.75. The van der Waals surface area contributed by atoms with Crippen LogP contribution in [0.3, 0.4) is 0 Å². The van der Waals surface area contributed by atoms with Crippen LogP contribution in [-0.4, -0.2) is 61.6 Å². The fourth-order valence-corrected chi connectivity index (χ4v) is 3.57. The zero-order valence-electron chi connectivity index (χ0n) is 14.8. The molecule has 2 aliphatic rings. The Morgan fingerprint density at radius 1 is 0.591 bits per heavy atom. The van der Waals surface area contributed by atoms with Crippen molar-refractivity contribution in [3.8, 4) is 0 Å². The Morgan fingerprint density at radius 2 is 0.909 bits per heavy atom. The van der Waals surface area contributed by atoms with Crippen LogP contribution in [0.25, 0.3) is 0 Å². The van der Waals surface area contributed by atoms with Crippen molar-refractivity contribution in [2.75, 3.05) is 39.4 Å². The minimum Gasteiger partial charge on any atom is -0.361 e. The van der Waals surface area contributed by atoms with Crippen molar-refractivity contribution in [3.63, 3.8) is 0 Å². The molecule has 2 saturated heterocycles. The molecule has 0 aromatic carbocycles. The highest BCUT2D eigenvalue weighted by atomic mass is 16.5. The monoisotopic (exact) mass is 312 g/mol. The van der Waals surface area contributed by atoms with E-state index in [0.29, 0.717) is 13.2 Å². The molecule has 0 bridgehead atoms.